The maximum Gasteiger partial charge on any atom is 0.263 e. The molecule has 0 bridgehead atoms. The molecule has 0 saturated carbocycles. The summed E-state index contributed by atoms with van der Waals surface area (Å²) in [6, 6.07) is 16.7. The van der Waals surface area contributed by atoms with Gasteiger partial charge < -0.3 is 9.64 Å². The molecule has 0 aromatic heterocycles. The van der Waals surface area contributed by atoms with Crippen molar-refractivity contribution in [2.45, 2.75) is 52.6 Å². The van der Waals surface area contributed by atoms with Gasteiger partial charge in [0.15, 0.2) is 6.10 Å². The number of hydrogen-bond acceptors (Lipinski definition) is 2. The van der Waals surface area contributed by atoms with Gasteiger partial charge in [0.25, 0.3) is 5.91 Å². The Labute approximate surface area is 163 Å². The minimum absolute atomic E-state index is 0.136. The van der Waals surface area contributed by atoms with Gasteiger partial charge in [-0.05, 0) is 68.2 Å². The van der Waals surface area contributed by atoms with E-state index in [1.807, 2.05) is 24.0 Å². The lowest BCUT2D eigenvalue weighted by Gasteiger charge is -2.34. The lowest BCUT2D eigenvalue weighted by atomic mass is 9.90. The average molecular weight is 366 g/mol. The zero-order valence-electron chi connectivity index (χ0n) is 16.8. The Kier molecular flexibility index (Phi) is 6.54. The third kappa shape index (κ3) is 4.91. The van der Waals surface area contributed by atoms with Crippen molar-refractivity contribution in [3.05, 3.63) is 65.2 Å². The molecule has 0 N–H and O–H groups in total. The minimum atomic E-state index is -0.392. The molecule has 0 aliphatic carbocycles. The van der Waals surface area contributed by atoms with E-state index in [1.165, 1.54) is 11.1 Å². The van der Waals surface area contributed by atoms with Gasteiger partial charge >= 0.3 is 0 Å². The molecule has 0 radical (unpaired) electrons. The third-order valence-corrected chi connectivity index (χ3v) is 5.76. The molecular formula is C24H31NO2. The van der Waals surface area contributed by atoms with Crippen LogP contribution in [0.3, 0.4) is 0 Å². The molecule has 2 aromatic rings. The first-order valence-electron chi connectivity index (χ1n) is 10.1. The summed E-state index contributed by atoms with van der Waals surface area (Å²) >= 11 is 0. The second kappa shape index (κ2) is 9.07. The number of amides is 1. The predicted molar refractivity (Wildman–Crippen MR) is 110 cm³/mol. The number of rotatable bonds is 6. The summed E-state index contributed by atoms with van der Waals surface area (Å²) in [5.74, 6) is 1.63. The molecule has 1 atom stereocenters. The van der Waals surface area contributed by atoms with Crippen molar-refractivity contribution in [2.24, 2.45) is 5.92 Å². The Hall–Kier alpha value is -2.29. The number of aryl methyl sites for hydroxylation is 1. The monoisotopic (exact) mass is 365 g/mol. The Morgan fingerprint density at radius 2 is 1.78 bits per heavy atom. The minimum Gasteiger partial charge on any atom is -0.480 e. The van der Waals surface area contributed by atoms with Crippen LogP contribution in [0, 0.1) is 19.8 Å². The van der Waals surface area contributed by atoms with Crippen LogP contribution < -0.4 is 4.74 Å². The Morgan fingerprint density at radius 3 is 2.44 bits per heavy atom. The summed E-state index contributed by atoms with van der Waals surface area (Å²) in [6.07, 6.45) is 3.55. The summed E-state index contributed by atoms with van der Waals surface area (Å²) in [4.78, 5) is 15.0. The van der Waals surface area contributed by atoms with Gasteiger partial charge in [-0.25, -0.2) is 0 Å². The molecule has 3 heteroatoms. The topological polar surface area (TPSA) is 29.5 Å². The van der Waals surface area contributed by atoms with E-state index in [9.17, 15) is 4.79 Å². The van der Waals surface area contributed by atoms with Crippen LogP contribution in [0.25, 0.3) is 0 Å². The van der Waals surface area contributed by atoms with E-state index in [-0.39, 0.29) is 5.91 Å². The van der Waals surface area contributed by atoms with Crippen LogP contribution in [0.5, 0.6) is 5.75 Å². The standard InChI is InChI=1S/C24H31NO2/c1-4-22(27-23-12-8-9-18(2)19(23)3)24(26)25-15-13-21(14-16-25)17-20-10-6-5-7-11-20/h5-12,21-22H,4,13-17H2,1-3H3/t22-/m1/s1. The Morgan fingerprint density at radius 1 is 1.07 bits per heavy atom. The maximum absolute atomic E-state index is 13.0. The van der Waals surface area contributed by atoms with Gasteiger partial charge in [-0.15, -0.1) is 0 Å². The summed E-state index contributed by atoms with van der Waals surface area (Å²) in [5.41, 5.74) is 3.70. The van der Waals surface area contributed by atoms with Crippen molar-refractivity contribution >= 4 is 5.91 Å². The van der Waals surface area contributed by atoms with Crippen molar-refractivity contribution < 1.29 is 9.53 Å². The highest BCUT2D eigenvalue weighted by Gasteiger charge is 2.29. The van der Waals surface area contributed by atoms with Gasteiger partial charge in [0.05, 0.1) is 0 Å². The normalized spacial score (nSPS) is 16.2. The largest absolute Gasteiger partial charge is 0.480 e. The van der Waals surface area contributed by atoms with Gasteiger partial charge in [-0.1, -0.05) is 49.4 Å². The fourth-order valence-electron chi connectivity index (χ4n) is 3.82. The van der Waals surface area contributed by atoms with Crippen LogP contribution in [0.15, 0.2) is 48.5 Å². The zero-order valence-corrected chi connectivity index (χ0v) is 16.8. The Balaban J connectivity index is 1.56. The lowest BCUT2D eigenvalue weighted by Crippen LogP contribution is -2.46. The van der Waals surface area contributed by atoms with E-state index < -0.39 is 6.10 Å². The van der Waals surface area contributed by atoms with Gasteiger partial charge in [0.2, 0.25) is 0 Å². The number of carbonyl (C=O) groups is 1. The molecule has 3 rings (SSSR count). The third-order valence-electron chi connectivity index (χ3n) is 5.76. The number of piperidine rings is 1. The SMILES string of the molecule is CC[C@@H](Oc1cccc(C)c1C)C(=O)N1CCC(Cc2ccccc2)CC1. The highest BCUT2D eigenvalue weighted by molar-refractivity contribution is 5.81. The number of hydrogen-bond donors (Lipinski definition) is 0. The number of nitrogens with zero attached hydrogens (tertiary/aromatic N) is 1. The second-order valence-electron chi connectivity index (χ2n) is 7.67. The van der Waals surface area contributed by atoms with Gasteiger partial charge in [-0.2, -0.15) is 0 Å². The van der Waals surface area contributed by atoms with Gasteiger partial charge in [0, 0.05) is 13.1 Å². The molecule has 0 unspecified atom stereocenters. The zero-order chi connectivity index (χ0) is 19.2. The van der Waals surface area contributed by atoms with Crippen LogP contribution in [-0.4, -0.2) is 30.0 Å². The van der Waals surface area contributed by atoms with Gasteiger partial charge in [0.1, 0.15) is 5.75 Å². The molecule has 27 heavy (non-hydrogen) atoms. The average Bonchev–Trinajstić information content (AvgIpc) is 2.70. The van der Waals surface area contributed by atoms with E-state index in [2.05, 4.69) is 50.2 Å². The van der Waals surface area contributed by atoms with Crippen LogP contribution in [0.4, 0.5) is 0 Å². The van der Waals surface area contributed by atoms with Crippen molar-refractivity contribution in [3.63, 3.8) is 0 Å². The van der Waals surface area contributed by atoms with E-state index >= 15 is 0 Å². The molecule has 0 spiro atoms. The first kappa shape index (κ1) is 19.5. The molecule has 1 saturated heterocycles. The highest BCUT2D eigenvalue weighted by atomic mass is 16.5. The summed E-state index contributed by atoms with van der Waals surface area (Å²) in [5, 5.41) is 0. The van der Waals surface area contributed by atoms with Crippen LogP contribution in [0.1, 0.15) is 42.9 Å². The van der Waals surface area contributed by atoms with Gasteiger partial charge in [-0.3, -0.25) is 4.79 Å². The smallest absolute Gasteiger partial charge is 0.263 e. The second-order valence-corrected chi connectivity index (χ2v) is 7.67. The number of carbonyl (C=O) groups excluding carboxylic acids is 1. The van der Waals surface area contributed by atoms with E-state index in [0.29, 0.717) is 12.3 Å². The van der Waals surface area contributed by atoms with Crippen LogP contribution in [-0.2, 0) is 11.2 Å². The highest BCUT2D eigenvalue weighted by Crippen LogP contribution is 2.25. The number of benzene rings is 2. The van der Waals surface area contributed by atoms with Crippen molar-refractivity contribution in [1.29, 1.82) is 0 Å². The molecular weight excluding hydrogens is 334 g/mol. The molecule has 1 heterocycles. The predicted octanol–water partition coefficient (Wildman–Crippen LogP) is 4.94. The van der Waals surface area contributed by atoms with Crippen LogP contribution >= 0.6 is 0 Å². The molecule has 144 valence electrons. The quantitative estimate of drug-likeness (QED) is 0.725. The molecule has 3 nitrogen and oxygen atoms in total. The first-order chi connectivity index (χ1) is 13.1. The molecule has 1 amide bonds. The van der Waals surface area contributed by atoms with E-state index in [4.69, 9.17) is 4.74 Å². The molecule has 1 fully saturated rings. The molecule has 2 aromatic carbocycles. The maximum atomic E-state index is 13.0. The number of likely N-dealkylation sites (tertiary alicyclic amines) is 1. The number of ether oxygens (including phenoxy) is 1. The van der Waals surface area contributed by atoms with E-state index in [0.717, 1.165) is 43.7 Å². The first-order valence-corrected chi connectivity index (χ1v) is 10.1. The van der Waals surface area contributed by atoms with Crippen molar-refractivity contribution in [1.82, 2.24) is 4.90 Å². The van der Waals surface area contributed by atoms with E-state index in [1.54, 1.807) is 0 Å². The van der Waals surface area contributed by atoms with Crippen molar-refractivity contribution in [2.75, 3.05) is 13.1 Å². The lowest BCUT2D eigenvalue weighted by molar-refractivity contribution is -0.140. The molecule has 1 aliphatic heterocycles. The summed E-state index contributed by atoms with van der Waals surface area (Å²) < 4.78 is 6.12. The Bertz CT molecular complexity index is 748. The fourth-order valence-corrected chi connectivity index (χ4v) is 3.82. The fraction of sp³-hybridized carbons (Fsp3) is 0.458. The molecule has 1 aliphatic rings. The van der Waals surface area contributed by atoms with Crippen LogP contribution in [0.2, 0.25) is 0 Å². The summed E-state index contributed by atoms with van der Waals surface area (Å²) in [7, 11) is 0. The van der Waals surface area contributed by atoms with Crippen molar-refractivity contribution in [3.8, 4) is 5.75 Å². The summed E-state index contributed by atoms with van der Waals surface area (Å²) in [6.45, 7) is 7.82.